The van der Waals surface area contributed by atoms with Gasteiger partial charge in [-0.3, -0.25) is 9.10 Å². The summed E-state index contributed by atoms with van der Waals surface area (Å²) in [7, 11) is -3.90. The molecular weight excluding hydrogens is 322 g/mol. The van der Waals surface area contributed by atoms with Crippen LogP contribution >= 0.6 is 11.3 Å². The van der Waals surface area contributed by atoms with Crippen LogP contribution in [0.15, 0.2) is 41.2 Å². The summed E-state index contributed by atoms with van der Waals surface area (Å²) in [6, 6.07) is 7.26. The van der Waals surface area contributed by atoms with Crippen molar-refractivity contribution in [3.63, 3.8) is 0 Å². The van der Waals surface area contributed by atoms with Gasteiger partial charge in [0.15, 0.2) is 0 Å². The second kappa shape index (κ2) is 5.90. The van der Waals surface area contributed by atoms with Crippen LogP contribution in [0.3, 0.4) is 0 Å². The van der Waals surface area contributed by atoms with Crippen molar-refractivity contribution in [3.8, 4) is 0 Å². The van der Waals surface area contributed by atoms with Crippen LogP contribution in [0.5, 0.6) is 0 Å². The minimum absolute atomic E-state index is 0.331. The molecular formula is C14H13N3O3S2. The van der Waals surface area contributed by atoms with E-state index in [9.17, 15) is 13.2 Å². The topological polar surface area (TPSA) is 79.4 Å². The van der Waals surface area contributed by atoms with E-state index in [0.29, 0.717) is 24.3 Å². The molecule has 0 saturated carbocycles. The van der Waals surface area contributed by atoms with Crippen LogP contribution in [0.2, 0.25) is 0 Å². The van der Waals surface area contributed by atoms with Crippen molar-refractivity contribution in [2.45, 2.75) is 6.42 Å². The Morgan fingerprint density at radius 2 is 2.18 bits per heavy atom. The minimum atomic E-state index is -3.90. The lowest BCUT2D eigenvalue weighted by atomic mass is 10.2. The van der Waals surface area contributed by atoms with Crippen LogP contribution in [0, 0.1) is 0 Å². The maximum absolute atomic E-state index is 12.3. The largest absolute Gasteiger partial charge is 0.326 e. The number of hydrogen-bond acceptors (Lipinski definition) is 5. The second-order valence-corrected chi connectivity index (χ2v) is 6.98. The van der Waals surface area contributed by atoms with E-state index in [1.807, 2.05) is 16.9 Å². The molecule has 0 atom stereocenters. The monoisotopic (exact) mass is 335 g/mol. The van der Waals surface area contributed by atoms with Gasteiger partial charge in [0.1, 0.15) is 0 Å². The fourth-order valence-electron chi connectivity index (χ4n) is 2.24. The summed E-state index contributed by atoms with van der Waals surface area (Å²) in [5.41, 5.74) is 3.82. The number of hydrogen-bond donors (Lipinski definition) is 1. The van der Waals surface area contributed by atoms with Crippen molar-refractivity contribution >= 4 is 39.2 Å². The average Bonchev–Trinajstić information content (AvgIpc) is 3.14. The Hall–Kier alpha value is -2.19. The van der Waals surface area contributed by atoms with Crippen LogP contribution in [0.4, 0.5) is 5.69 Å². The number of carbonyl (C=O) groups is 1. The number of para-hydroxylation sites is 1. The van der Waals surface area contributed by atoms with Crippen molar-refractivity contribution in [2.75, 3.05) is 10.8 Å². The Kier molecular flexibility index (Phi) is 3.95. The van der Waals surface area contributed by atoms with E-state index < -0.39 is 16.1 Å². The normalized spacial score (nSPS) is 14.3. The lowest BCUT2D eigenvalue weighted by Gasteiger charge is -2.19. The molecule has 1 aromatic carbocycles. The van der Waals surface area contributed by atoms with Gasteiger partial charge in [0.2, 0.25) is 0 Å². The first-order valence-corrected chi connectivity index (χ1v) is 8.93. The van der Waals surface area contributed by atoms with Crippen LogP contribution in [-0.4, -0.2) is 25.9 Å². The zero-order chi connectivity index (χ0) is 15.6. The minimum Gasteiger partial charge on any atom is -0.269 e. The van der Waals surface area contributed by atoms with Crippen molar-refractivity contribution in [2.24, 2.45) is 0 Å². The number of nitrogens with one attached hydrogen (secondary N) is 1. The Morgan fingerprint density at radius 1 is 1.36 bits per heavy atom. The highest BCUT2D eigenvalue weighted by molar-refractivity contribution is 7.91. The molecule has 6 nitrogen and oxygen atoms in total. The molecule has 2 heterocycles. The van der Waals surface area contributed by atoms with Crippen LogP contribution in [0.25, 0.3) is 6.08 Å². The number of anilines is 1. The number of carbonyl (C=O) groups excluding carboxylic acids is 1. The molecule has 2 aromatic rings. The maximum atomic E-state index is 12.3. The molecule has 1 aromatic heterocycles. The van der Waals surface area contributed by atoms with Gasteiger partial charge in [0.25, 0.3) is 5.91 Å². The van der Waals surface area contributed by atoms with Crippen molar-refractivity contribution in [1.29, 1.82) is 0 Å². The summed E-state index contributed by atoms with van der Waals surface area (Å²) in [6.07, 6.45) is 3.27. The van der Waals surface area contributed by atoms with Crippen molar-refractivity contribution < 1.29 is 13.2 Å². The van der Waals surface area contributed by atoms with Gasteiger partial charge in [-0.2, -0.15) is 8.42 Å². The van der Waals surface area contributed by atoms with Crippen LogP contribution in [0.1, 0.15) is 11.3 Å². The standard InChI is InChI=1S/C14H13N3O3S2/c18-14(6-5-12-9-21-10-15-12)16-22(19,20)17-8-7-11-3-1-2-4-13(11)17/h1-6,9-10H,7-8H2,(H,16,18)/b6-5-. The lowest BCUT2D eigenvalue weighted by Crippen LogP contribution is -2.42. The predicted octanol–water partition coefficient (Wildman–Crippen LogP) is 1.58. The molecule has 0 bridgehead atoms. The fraction of sp³-hybridized carbons (Fsp3) is 0.143. The molecule has 0 unspecified atom stereocenters. The fourth-order valence-corrected chi connectivity index (χ4v) is 3.96. The highest BCUT2D eigenvalue weighted by Gasteiger charge is 2.29. The molecule has 0 fully saturated rings. The van der Waals surface area contributed by atoms with E-state index in [4.69, 9.17) is 0 Å². The van der Waals surface area contributed by atoms with E-state index in [2.05, 4.69) is 4.98 Å². The van der Waals surface area contributed by atoms with Crippen molar-refractivity contribution in [1.82, 2.24) is 9.71 Å². The Morgan fingerprint density at radius 3 is 2.95 bits per heavy atom. The van der Waals surface area contributed by atoms with E-state index in [0.717, 1.165) is 11.6 Å². The van der Waals surface area contributed by atoms with E-state index in [-0.39, 0.29) is 0 Å². The molecule has 8 heteroatoms. The molecule has 1 N–H and O–H groups in total. The Bertz CT molecular complexity index is 814. The number of rotatable bonds is 4. The number of aromatic nitrogens is 1. The smallest absolute Gasteiger partial charge is 0.269 e. The molecule has 1 aliphatic rings. The highest BCUT2D eigenvalue weighted by Crippen LogP contribution is 2.29. The van der Waals surface area contributed by atoms with Gasteiger partial charge in [0, 0.05) is 18.0 Å². The molecule has 22 heavy (non-hydrogen) atoms. The van der Waals surface area contributed by atoms with Crippen LogP contribution < -0.4 is 9.03 Å². The molecule has 114 valence electrons. The van der Waals surface area contributed by atoms with E-state index in [1.54, 1.807) is 23.0 Å². The van der Waals surface area contributed by atoms with Gasteiger partial charge >= 0.3 is 10.2 Å². The van der Waals surface area contributed by atoms with Gasteiger partial charge in [0.05, 0.1) is 16.9 Å². The summed E-state index contributed by atoms with van der Waals surface area (Å²) in [5.74, 6) is -0.697. The quantitative estimate of drug-likeness (QED) is 0.861. The Labute approximate surface area is 132 Å². The molecule has 3 rings (SSSR count). The average molecular weight is 335 g/mol. The molecule has 0 saturated heterocycles. The molecule has 1 amide bonds. The van der Waals surface area contributed by atoms with Gasteiger partial charge < -0.3 is 0 Å². The maximum Gasteiger partial charge on any atom is 0.326 e. The summed E-state index contributed by atoms with van der Waals surface area (Å²) in [6.45, 7) is 0.331. The highest BCUT2D eigenvalue weighted by atomic mass is 32.2. The summed E-state index contributed by atoms with van der Waals surface area (Å²) >= 11 is 1.40. The molecule has 0 radical (unpaired) electrons. The predicted molar refractivity (Wildman–Crippen MR) is 85.7 cm³/mol. The zero-order valence-electron chi connectivity index (χ0n) is 11.5. The first kappa shape index (κ1) is 14.7. The summed E-state index contributed by atoms with van der Waals surface area (Å²) in [5, 5.41) is 1.76. The Balaban J connectivity index is 1.73. The second-order valence-electron chi connectivity index (χ2n) is 4.67. The summed E-state index contributed by atoms with van der Waals surface area (Å²) < 4.78 is 27.9. The van der Waals surface area contributed by atoms with Gasteiger partial charge in [-0.05, 0) is 24.1 Å². The zero-order valence-corrected chi connectivity index (χ0v) is 13.1. The first-order valence-electron chi connectivity index (χ1n) is 6.55. The number of amides is 1. The SMILES string of the molecule is O=C(/C=C\c1cscn1)NS(=O)(=O)N1CCc2ccccc21. The third kappa shape index (κ3) is 3.02. The van der Waals surface area contributed by atoms with Gasteiger partial charge in [-0.1, -0.05) is 18.2 Å². The summed E-state index contributed by atoms with van der Waals surface area (Å²) in [4.78, 5) is 15.8. The van der Waals surface area contributed by atoms with E-state index >= 15 is 0 Å². The van der Waals surface area contributed by atoms with E-state index in [1.165, 1.54) is 21.7 Å². The molecule has 1 aliphatic heterocycles. The number of benzene rings is 1. The van der Waals surface area contributed by atoms with Gasteiger partial charge in [-0.25, -0.2) is 9.71 Å². The molecule has 0 aliphatic carbocycles. The third-order valence-corrected chi connectivity index (χ3v) is 5.24. The third-order valence-electron chi connectivity index (χ3n) is 3.22. The van der Waals surface area contributed by atoms with Gasteiger partial charge in [-0.15, -0.1) is 11.3 Å². The number of fused-ring (bicyclic) bond motifs is 1. The number of nitrogens with zero attached hydrogens (tertiary/aromatic N) is 2. The number of thiazole rings is 1. The molecule has 0 spiro atoms. The van der Waals surface area contributed by atoms with Crippen molar-refractivity contribution in [3.05, 3.63) is 52.5 Å². The first-order chi connectivity index (χ1) is 10.6. The van der Waals surface area contributed by atoms with Crippen LogP contribution in [-0.2, 0) is 21.4 Å². The lowest BCUT2D eigenvalue weighted by molar-refractivity contribution is -0.114.